The Morgan fingerprint density at radius 2 is 1.75 bits per heavy atom. The number of carbonyl (C=O) groups is 1. The number of piperidine rings is 1. The Hall–Kier alpha value is -3.01. The molecule has 1 fully saturated rings. The van der Waals surface area contributed by atoms with Crippen LogP contribution in [-0.4, -0.2) is 36.7 Å². The summed E-state index contributed by atoms with van der Waals surface area (Å²) in [6.45, 7) is 0.993. The summed E-state index contributed by atoms with van der Waals surface area (Å²) in [5.74, 6) is 0.0578. The fourth-order valence-corrected chi connectivity index (χ4v) is 6.60. The van der Waals surface area contributed by atoms with Crippen molar-refractivity contribution in [2.24, 2.45) is 0 Å². The predicted molar refractivity (Wildman–Crippen MR) is 124 cm³/mol. The van der Waals surface area contributed by atoms with Crippen LogP contribution in [0.3, 0.4) is 0 Å². The van der Waals surface area contributed by atoms with E-state index in [4.69, 9.17) is 4.42 Å². The summed E-state index contributed by atoms with van der Waals surface area (Å²) in [4.78, 5) is 17.6. The number of fused-ring (bicyclic) bond motifs is 1. The second-order valence-electron chi connectivity index (χ2n) is 7.60. The van der Waals surface area contributed by atoms with Crippen LogP contribution in [0.4, 0.5) is 5.69 Å². The number of hydrogen-bond acceptors (Lipinski definition) is 6. The molecule has 1 aliphatic heterocycles. The fraction of sp³-hybridized carbons (Fsp3) is 0.217. The van der Waals surface area contributed by atoms with Crippen LogP contribution in [0.25, 0.3) is 22.6 Å². The third-order valence-corrected chi connectivity index (χ3v) is 8.44. The molecule has 1 aliphatic rings. The summed E-state index contributed by atoms with van der Waals surface area (Å²) >= 11 is 1.13. The average Bonchev–Trinajstić information content (AvgIpc) is 3.48. The average molecular weight is 468 g/mol. The van der Waals surface area contributed by atoms with Crippen molar-refractivity contribution in [2.45, 2.75) is 24.2 Å². The lowest BCUT2D eigenvalue weighted by molar-refractivity contribution is 0.102. The van der Waals surface area contributed by atoms with Crippen molar-refractivity contribution in [3.05, 3.63) is 64.9 Å². The minimum absolute atomic E-state index is 0.0741. The fourth-order valence-electron chi connectivity index (χ4n) is 3.79. The molecule has 9 heteroatoms. The molecule has 32 heavy (non-hydrogen) atoms. The number of aromatic nitrogens is 1. The Labute approximate surface area is 189 Å². The smallest absolute Gasteiger partial charge is 0.267 e. The van der Waals surface area contributed by atoms with Gasteiger partial charge in [-0.3, -0.25) is 4.79 Å². The molecule has 4 aromatic rings. The van der Waals surface area contributed by atoms with Crippen LogP contribution in [0.2, 0.25) is 0 Å². The van der Waals surface area contributed by atoms with Crippen LogP contribution in [0.1, 0.15) is 28.9 Å². The van der Waals surface area contributed by atoms with Crippen molar-refractivity contribution >= 4 is 44.1 Å². The highest BCUT2D eigenvalue weighted by Crippen LogP contribution is 2.29. The summed E-state index contributed by atoms with van der Waals surface area (Å²) in [6, 6.07) is 16.1. The molecule has 0 spiro atoms. The molecule has 0 radical (unpaired) electrons. The van der Waals surface area contributed by atoms with Gasteiger partial charge < -0.3 is 9.73 Å². The maximum Gasteiger partial charge on any atom is 0.267 e. The van der Waals surface area contributed by atoms with E-state index in [0.29, 0.717) is 30.3 Å². The van der Waals surface area contributed by atoms with E-state index in [1.807, 2.05) is 24.3 Å². The van der Waals surface area contributed by atoms with Gasteiger partial charge in [-0.1, -0.05) is 18.6 Å². The zero-order chi connectivity index (χ0) is 22.1. The van der Waals surface area contributed by atoms with Crippen molar-refractivity contribution in [1.82, 2.24) is 9.29 Å². The van der Waals surface area contributed by atoms with Crippen molar-refractivity contribution in [3.63, 3.8) is 0 Å². The van der Waals surface area contributed by atoms with E-state index in [0.717, 1.165) is 41.7 Å². The Morgan fingerprint density at radius 1 is 1.00 bits per heavy atom. The van der Waals surface area contributed by atoms with E-state index >= 15 is 0 Å². The number of amides is 1. The standard InChI is InChI=1S/C23H21N3O4S2/c27-22(21-20(12-15-31-21)32(28,29)26-13-4-1-5-14-26)24-17-10-8-16(9-11-17)23-25-18-6-2-3-7-19(18)30-23/h2-3,6-12,15H,1,4-5,13-14H2,(H,24,27). The molecule has 0 bridgehead atoms. The Morgan fingerprint density at radius 3 is 2.50 bits per heavy atom. The van der Waals surface area contributed by atoms with Crippen molar-refractivity contribution in [1.29, 1.82) is 0 Å². The third-order valence-electron chi connectivity index (χ3n) is 5.45. The number of anilines is 1. The first kappa shape index (κ1) is 20.9. The van der Waals surface area contributed by atoms with Gasteiger partial charge in [-0.25, -0.2) is 13.4 Å². The summed E-state index contributed by atoms with van der Waals surface area (Å²) in [5, 5.41) is 4.44. The molecule has 1 saturated heterocycles. The normalized spacial score (nSPS) is 15.1. The maximum absolute atomic E-state index is 13.0. The number of sulfonamides is 1. The van der Waals surface area contributed by atoms with Gasteiger partial charge in [0.1, 0.15) is 15.3 Å². The first-order valence-corrected chi connectivity index (χ1v) is 12.7. The van der Waals surface area contributed by atoms with Crippen LogP contribution >= 0.6 is 11.3 Å². The molecule has 7 nitrogen and oxygen atoms in total. The molecule has 3 heterocycles. The number of nitrogens with one attached hydrogen (secondary N) is 1. The van der Waals surface area contributed by atoms with Crippen LogP contribution in [0, 0.1) is 0 Å². The maximum atomic E-state index is 13.0. The topological polar surface area (TPSA) is 92.5 Å². The molecule has 1 N–H and O–H groups in total. The first-order chi connectivity index (χ1) is 15.5. The number of oxazole rings is 1. The molecule has 0 saturated carbocycles. The van der Waals surface area contributed by atoms with Crippen LogP contribution < -0.4 is 5.32 Å². The summed E-state index contributed by atoms with van der Waals surface area (Å²) in [7, 11) is -3.68. The first-order valence-electron chi connectivity index (χ1n) is 10.4. The molecular formula is C23H21N3O4S2. The van der Waals surface area contributed by atoms with Gasteiger partial charge in [-0.15, -0.1) is 11.3 Å². The lowest BCUT2D eigenvalue weighted by atomic mass is 10.2. The number of rotatable bonds is 5. The van der Waals surface area contributed by atoms with Crippen LogP contribution in [0.5, 0.6) is 0 Å². The van der Waals surface area contributed by atoms with Crippen molar-refractivity contribution < 1.29 is 17.6 Å². The van der Waals surface area contributed by atoms with Gasteiger partial charge in [-0.2, -0.15) is 4.31 Å². The predicted octanol–water partition coefficient (Wildman–Crippen LogP) is 4.98. The van der Waals surface area contributed by atoms with Gasteiger partial charge in [0.2, 0.25) is 15.9 Å². The Kier molecular flexibility index (Phi) is 5.54. The van der Waals surface area contributed by atoms with E-state index in [2.05, 4.69) is 10.3 Å². The van der Waals surface area contributed by atoms with E-state index < -0.39 is 15.9 Å². The molecule has 0 aliphatic carbocycles. The summed E-state index contributed by atoms with van der Waals surface area (Å²) in [6.07, 6.45) is 2.72. The van der Waals surface area contributed by atoms with Gasteiger partial charge >= 0.3 is 0 Å². The van der Waals surface area contributed by atoms with Crippen molar-refractivity contribution in [2.75, 3.05) is 18.4 Å². The molecular weight excluding hydrogens is 446 g/mol. The number of hydrogen-bond donors (Lipinski definition) is 1. The van der Waals surface area contributed by atoms with Gasteiger partial charge in [0, 0.05) is 24.3 Å². The quantitative estimate of drug-likeness (QED) is 0.447. The highest BCUT2D eigenvalue weighted by Gasteiger charge is 2.31. The number of para-hydroxylation sites is 2. The molecule has 0 atom stereocenters. The largest absolute Gasteiger partial charge is 0.436 e. The molecule has 5 rings (SSSR count). The Balaban J connectivity index is 1.34. The van der Waals surface area contributed by atoms with Gasteiger partial charge in [-0.05, 0) is 60.7 Å². The third kappa shape index (κ3) is 3.94. The molecule has 1 amide bonds. The Bertz CT molecular complexity index is 1330. The second-order valence-corrected chi connectivity index (χ2v) is 10.4. The minimum Gasteiger partial charge on any atom is -0.436 e. The zero-order valence-corrected chi connectivity index (χ0v) is 18.8. The van der Waals surface area contributed by atoms with Gasteiger partial charge in [0.05, 0.1) is 0 Å². The minimum atomic E-state index is -3.68. The van der Waals surface area contributed by atoms with Gasteiger partial charge in [0.15, 0.2) is 5.58 Å². The van der Waals surface area contributed by atoms with E-state index in [1.165, 1.54) is 10.4 Å². The number of carbonyl (C=O) groups excluding carboxylic acids is 1. The molecule has 2 aromatic carbocycles. The number of benzene rings is 2. The summed E-state index contributed by atoms with van der Waals surface area (Å²) < 4.78 is 33.3. The number of thiophene rings is 1. The lowest BCUT2D eigenvalue weighted by Crippen LogP contribution is -2.36. The highest BCUT2D eigenvalue weighted by atomic mass is 32.2. The monoisotopic (exact) mass is 467 g/mol. The number of nitrogens with zero attached hydrogens (tertiary/aromatic N) is 2. The second kappa shape index (κ2) is 8.50. The lowest BCUT2D eigenvalue weighted by Gasteiger charge is -2.25. The zero-order valence-electron chi connectivity index (χ0n) is 17.2. The van der Waals surface area contributed by atoms with E-state index in [1.54, 1.807) is 29.6 Å². The van der Waals surface area contributed by atoms with E-state index in [9.17, 15) is 13.2 Å². The van der Waals surface area contributed by atoms with Crippen molar-refractivity contribution in [3.8, 4) is 11.5 Å². The van der Waals surface area contributed by atoms with Crippen LogP contribution in [-0.2, 0) is 10.0 Å². The molecule has 164 valence electrons. The highest BCUT2D eigenvalue weighted by molar-refractivity contribution is 7.89. The SMILES string of the molecule is O=C(Nc1ccc(-c2nc3ccccc3o2)cc1)c1sccc1S(=O)(=O)N1CCCCC1. The molecule has 2 aromatic heterocycles. The van der Waals surface area contributed by atoms with Gasteiger partial charge in [0.25, 0.3) is 5.91 Å². The van der Waals surface area contributed by atoms with E-state index in [-0.39, 0.29) is 9.77 Å². The summed E-state index contributed by atoms with van der Waals surface area (Å²) in [5.41, 5.74) is 2.83. The van der Waals surface area contributed by atoms with Crippen LogP contribution in [0.15, 0.2) is 69.3 Å². The molecule has 0 unspecified atom stereocenters.